The largest absolute Gasteiger partial charge is 0.314 e. The van der Waals surface area contributed by atoms with Crippen molar-refractivity contribution in [2.24, 2.45) is 0 Å². The fraction of sp³-hybridized carbons (Fsp3) is 1.00. The van der Waals surface area contributed by atoms with Crippen LogP contribution in [0.15, 0.2) is 0 Å². The molecule has 1 fully saturated rings. The summed E-state index contributed by atoms with van der Waals surface area (Å²) in [7, 11) is 1.96. The molecule has 0 aromatic rings. The van der Waals surface area contributed by atoms with E-state index in [9.17, 15) is 4.39 Å². The van der Waals surface area contributed by atoms with E-state index in [0.29, 0.717) is 0 Å². The van der Waals surface area contributed by atoms with Crippen molar-refractivity contribution in [1.82, 2.24) is 10.2 Å². The monoisotopic (exact) mass is 204 g/mol. The van der Waals surface area contributed by atoms with Crippen LogP contribution in [0.1, 0.15) is 0 Å². The number of halogens is 3. The van der Waals surface area contributed by atoms with E-state index in [2.05, 4.69) is 10.2 Å². The Labute approximate surface area is 79.3 Å². The van der Waals surface area contributed by atoms with Crippen LogP contribution >= 0.6 is 24.8 Å². The third-order valence-corrected chi connectivity index (χ3v) is 1.82. The molecule has 1 N–H and O–H groups in total. The van der Waals surface area contributed by atoms with Crippen LogP contribution in [0.2, 0.25) is 0 Å². The lowest BCUT2D eigenvalue weighted by Gasteiger charge is -2.30. The molecule has 70 valence electrons. The molecule has 0 aliphatic carbocycles. The van der Waals surface area contributed by atoms with E-state index in [4.69, 9.17) is 0 Å². The van der Waals surface area contributed by atoms with E-state index in [1.54, 1.807) is 0 Å². The van der Waals surface area contributed by atoms with Crippen LogP contribution in [0.4, 0.5) is 4.39 Å². The molecule has 0 amide bonds. The molecule has 1 saturated heterocycles. The minimum absolute atomic E-state index is 0. The second-order valence-electron chi connectivity index (χ2n) is 2.49. The van der Waals surface area contributed by atoms with Crippen molar-refractivity contribution in [2.45, 2.75) is 6.04 Å². The van der Waals surface area contributed by atoms with E-state index in [-0.39, 0.29) is 37.5 Å². The third kappa shape index (κ3) is 4.11. The minimum atomic E-state index is -0.233. The fourth-order valence-electron chi connectivity index (χ4n) is 1.03. The van der Waals surface area contributed by atoms with Crippen LogP contribution in [0.25, 0.3) is 0 Å². The molecule has 11 heavy (non-hydrogen) atoms. The first kappa shape index (κ1) is 14.0. The molecule has 1 aliphatic rings. The number of likely N-dealkylation sites (N-methyl/N-ethyl adjacent to an activating group) is 1. The van der Waals surface area contributed by atoms with Crippen molar-refractivity contribution in [3.63, 3.8) is 0 Å². The van der Waals surface area contributed by atoms with Crippen LogP contribution in [-0.4, -0.2) is 44.3 Å². The highest BCUT2D eigenvalue weighted by Gasteiger charge is 2.16. The van der Waals surface area contributed by atoms with Crippen LogP contribution in [0, 0.1) is 0 Å². The summed E-state index contributed by atoms with van der Waals surface area (Å²) in [6.45, 7) is 2.53. The van der Waals surface area contributed by atoms with Gasteiger partial charge in [0.15, 0.2) is 0 Å². The molecule has 0 spiro atoms. The van der Waals surface area contributed by atoms with E-state index in [0.717, 1.165) is 19.6 Å². The Morgan fingerprint density at radius 3 is 2.55 bits per heavy atom. The zero-order chi connectivity index (χ0) is 6.69. The molecule has 0 saturated carbocycles. The van der Waals surface area contributed by atoms with E-state index >= 15 is 0 Å². The molecular formula is C6H15Cl2FN2. The average molecular weight is 205 g/mol. The SMILES string of the molecule is CN1CCNC[C@H]1CF.Cl.Cl. The van der Waals surface area contributed by atoms with Gasteiger partial charge >= 0.3 is 0 Å². The first-order valence-corrected chi connectivity index (χ1v) is 3.31. The number of alkyl halides is 1. The molecule has 1 rings (SSSR count). The molecule has 0 aromatic carbocycles. The molecule has 1 aliphatic heterocycles. The van der Waals surface area contributed by atoms with Crippen LogP contribution in [-0.2, 0) is 0 Å². The summed E-state index contributed by atoms with van der Waals surface area (Å²) in [6, 6.07) is 0.110. The van der Waals surface area contributed by atoms with Crippen molar-refractivity contribution >= 4 is 24.8 Å². The summed E-state index contributed by atoms with van der Waals surface area (Å²) in [5, 5.41) is 3.13. The van der Waals surface area contributed by atoms with Gasteiger partial charge in [-0.1, -0.05) is 0 Å². The smallest absolute Gasteiger partial charge is 0.106 e. The van der Waals surface area contributed by atoms with Crippen molar-refractivity contribution in [3.05, 3.63) is 0 Å². The summed E-state index contributed by atoms with van der Waals surface area (Å²) in [4.78, 5) is 2.05. The standard InChI is InChI=1S/C6H13FN2.2ClH/c1-9-3-2-8-5-6(9)4-7;;/h6,8H,2-5H2,1H3;2*1H/t6-;;/m1../s1. The highest BCUT2D eigenvalue weighted by atomic mass is 35.5. The summed E-state index contributed by atoms with van der Waals surface area (Å²) in [5.74, 6) is 0. The van der Waals surface area contributed by atoms with Gasteiger partial charge in [-0.05, 0) is 7.05 Å². The Hall–Kier alpha value is 0.430. The van der Waals surface area contributed by atoms with E-state index in [1.807, 2.05) is 7.05 Å². The maximum absolute atomic E-state index is 12.0. The molecular weight excluding hydrogens is 190 g/mol. The lowest BCUT2D eigenvalue weighted by atomic mass is 10.2. The lowest BCUT2D eigenvalue weighted by molar-refractivity contribution is 0.168. The Bertz CT molecular complexity index is 94.7. The van der Waals surface area contributed by atoms with Gasteiger partial charge in [-0.2, -0.15) is 0 Å². The average Bonchev–Trinajstić information content (AvgIpc) is 1.89. The van der Waals surface area contributed by atoms with Gasteiger partial charge in [0.2, 0.25) is 0 Å². The summed E-state index contributed by atoms with van der Waals surface area (Å²) in [6.07, 6.45) is 0. The highest BCUT2D eigenvalue weighted by Crippen LogP contribution is 1.98. The van der Waals surface area contributed by atoms with Gasteiger partial charge in [-0.15, -0.1) is 24.8 Å². The van der Waals surface area contributed by atoms with Gasteiger partial charge in [0.25, 0.3) is 0 Å². The van der Waals surface area contributed by atoms with E-state index < -0.39 is 0 Å². The predicted molar refractivity (Wildman–Crippen MR) is 49.8 cm³/mol. The summed E-state index contributed by atoms with van der Waals surface area (Å²) < 4.78 is 12.0. The van der Waals surface area contributed by atoms with Gasteiger partial charge in [0.1, 0.15) is 6.67 Å². The number of hydrogen-bond donors (Lipinski definition) is 1. The first-order valence-electron chi connectivity index (χ1n) is 3.31. The van der Waals surface area contributed by atoms with Crippen molar-refractivity contribution in [3.8, 4) is 0 Å². The summed E-state index contributed by atoms with van der Waals surface area (Å²) in [5.41, 5.74) is 0. The van der Waals surface area contributed by atoms with Gasteiger partial charge in [0, 0.05) is 19.6 Å². The fourth-order valence-corrected chi connectivity index (χ4v) is 1.03. The zero-order valence-corrected chi connectivity index (χ0v) is 8.18. The molecule has 2 nitrogen and oxygen atoms in total. The second-order valence-corrected chi connectivity index (χ2v) is 2.49. The topological polar surface area (TPSA) is 15.3 Å². The number of nitrogens with zero attached hydrogens (tertiary/aromatic N) is 1. The molecule has 0 aromatic heterocycles. The Kier molecular flexibility index (Phi) is 9.02. The normalized spacial score (nSPS) is 25.1. The van der Waals surface area contributed by atoms with Gasteiger partial charge in [-0.3, -0.25) is 4.90 Å². The third-order valence-electron chi connectivity index (χ3n) is 1.82. The number of rotatable bonds is 1. The Morgan fingerprint density at radius 2 is 2.18 bits per heavy atom. The van der Waals surface area contributed by atoms with E-state index in [1.165, 1.54) is 0 Å². The van der Waals surface area contributed by atoms with Crippen molar-refractivity contribution < 1.29 is 4.39 Å². The predicted octanol–water partition coefficient (Wildman–Crippen LogP) is 0.703. The molecule has 0 unspecified atom stereocenters. The van der Waals surface area contributed by atoms with Crippen LogP contribution in [0.5, 0.6) is 0 Å². The molecule has 1 heterocycles. The lowest BCUT2D eigenvalue weighted by Crippen LogP contribution is -2.50. The maximum Gasteiger partial charge on any atom is 0.106 e. The molecule has 0 radical (unpaired) electrons. The van der Waals surface area contributed by atoms with Gasteiger partial charge in [-0.25, -0.2) is 4.39 Å². The molecule has 0 bridgehead atoms. The number of piperazine rings is 1. The summed E-state index contributed by atoms with van der Waals surface area (Å²) >= 11 is 0. The van der Waals surface area contributed by atoms with Crippen LogP contribution < -0.4 is 5.32 Å². The molecule has 1 atom stereocenters. The number of hydrogen-bond acceptors (Lipinski definition) is 2. The quantitative estimate of drug-likeness (QED) is 0.678. The van der Waals surface area contributed by atoms with Gasteiger partial charge in [0.05, 0.1) is 6.04 Å². The minimum Gasteiger partial charge on any atom is -0.314 e. The highest BCUT2D eigenvalue weighted by molar-refractivity contribution is 5.85. The second kappa shape index (κ2) is 7.10. The van der Waals surface area contributed by atoms with Crippen LogP contribution in [0.3, 0.4) is 0 Å². The zero-order valence-electron chi connectivity index (χ0n) is 6.55. The van der Waals surface area contributed by atoms with Crippen molar-refractivity contribution in [1.29, 1.82) is 0 Å². The Balaban J connectivity index is 0. The van der Waals surface area contributed by atoms with Gasteiger partial charge < -0.3 is 5.32 Å². The number of nitrogens with one attached hydrogen (secondary N) is 1. The maximum atomic E-state index is 12.0. The molecule has 5 heteroatoms. The van der Waals surface area contributed by atoms with Crippen molar-refractivity contribution in [2.75, 3.05) is 33.4 Å². The first-order chi connectivity index (χ1) is 4.34. The Morgan fingerprint density at radius 1 is 1.55 bits per heavy atom.